The van der Waals surface area contributed by atoms with Gasteiger partial charge in [-0.2, -0.15) is 0 Å². The van der Waals surface area contributed by atoms with E-state index in [1.165, 1.54) is 9.75 Å². The number of piperidine rings is 1. The summed E-state index contributed by atoms with van der Waals surface area (Å²) in [5, 5.41) is 9.71. The van der Waals surface area contributed by atoms with E-state index in [2.05, 4.69) is 37.8 Å². The van der Waals surface area contributed by atoms with E-state index in [0.717, 1.165) is 38.6 Å². The molecule has 2 heterocycles. The van der Waals surface area contributed by atoms with Gasteiger partial charge in [-0.1, -0.05) is 20.3 Å². The van der Waals surface area contributed by atoms with Crippen LogP contribution in [-0.2, 0) is 11.2 Å². The van der Waals surface area contributed by atoms with E-state index in [1.54, 1.807) is 0 Å². The second-order valence-corrected chi connectivity index (χ2v) is 7.44. The highest BCUT2D eigenvalue weighted by Crippen LogP contribution is 2.39. The molecule has 118 valence electrons. The summed E-state index contributed by atoms with van der Waals surface area (Å²) in [6, 6.07) is 4.74. The van der Waals surface area contributed by atoms with Crippen LogP contribution in [0.1, 0.15) is 62.3 Å². The topological polar surface area (TPSA) is 40.5 Å². The second-order valence-electron chi connectivity index (χ2n) is 6.24. The number of hydrogen-bond acceptors (Lipinski definition) is 3. The van der Waals surface area contributed by atoms with Crippen molar-refractivity contribution in [2.75, 3.05) is 13.1 Å². The van der Waals surface area contributed by atoms with Crippen molar-refractivity contribution in [3.05, 3.63) is 21.9 Å². The lowest BCUT2D eigenvalue weighted by atomic mass is 9.76. The highest BCUT2D eigenvalue weighted by Gasteiger charge is 2.42. The molecule has 0 amide bonds. The van der Waals surface area contributed by atoms with E-state index in [9.17, 15) is 9.90 Å². The van der Waals surface area contributed by atoms with E-state index in [-0.39, 0.29) is 0 Å². The van der Waals surface area contributed by atoms with E-state index in [1.807, 2.05) is 11.3 Å². The molecule has 3 nitrogen and oxygen atoms in total. The van der Waals surface area contributed by atoms with Crippen LogP contribution in [0.25, 0.3) is 0 Å². The first kappa shape index (κ1) is 16.5. The normalized spacial score (nSPS) is 24.9. The van der Waals surface area contributed by atoms with Gasteiger partial charge in [0.25, 0.3) is 0 Å². The number of rotatable bonds is 6. The number of carboxylic acid groups (broad SMARTS) is 1. The van der Waals surface area contributed by atoms with Crippen LogP contribution in [-0.4, -0.2) is 29.1 Å². The highest BCUT2D eigenvalue weighted by molar-refractivity contribution is 7.12. The molecule has 2 unspecified atom stereocenters. The molecular formula is C17H27NO2S. The van der Waals surface area contributed by atoms with Crippen molar-refractivity contribution in [2.24, 2.45) is 5.41 Å². The molecule has 0 aromatic carbocycles. The highest BCUT2D eigenvalue weighted by atomic mass is 32.1. The minimum Gasteiger partial charge on any atom is -0.481 e. The zero-order valence-electron chi connectivity index (χ0n) is 13.4. The van der Waals surface area contributed by atoms with Crippen LogP contribution < -0.4 is 0 Å². The van der Waals surface area contributed by atoms with Crippen molar-refractivity contribution in [1.82, 2.24) is 4.90 Å². The number of likely N-dealkylation sites (tertiary alicyclic amines) is 1. The monoisotopic (exact) mass is 309 g/mol. The molecule has 0 saturated carbocycles. The Bertz CT molecular complexity index is 481. The third-order valence-corrected chi connectivity index (χ3v) is 6.18. The Morgan fingerprint density at radius 3 is 2.81 bits per heavy atom. The number of thiophene rings is 1. The summed E-state index contributed by atoms with van der Waals surface area (Å²) < 4.78 is 0. The molecule has 21 heavy (non-hydrogen) atoms. The summed E-state index contributed by atoms with van der Waals surface area (Å²) in [6.45, 7) is 8.18. The molecule has 0 aliphatic carbocycles. The maximum absolute atomic E-state index is 11.8. The van der Waals surface area contributed by atoms with Crippen molar-refractivity contribution in [3.8, 4) is 0 Å². The smallest absolute Gasteiger partial charge is 0.310 e. The quantitative estimate of drug-likeness (QED) is 0.850. The van der Waals surface area contributed by atoms with Crippen LogP contribution in [0.5, 0.6) is 0 Å². The average Bonchev–Trinajstić information content (AvgIpc) is 2.96. The molecule has 4 heteroatoms. The van der Waals surface area contributed by atoms with E-state index < -0.39 is 11.4 Å². The third kappa shape index (κ3) is 3.49. The molecule has 1 saturated heterocycles. The van der Waals surface area contributed by atoms with Gasteiger partial charge >= 0.3 is 5.97 Å². The summed E-state index contributed by atoms with van der Waals surface area (Å²) in [5.74, 6) is -0.610. The summed E-state index contributed by atoms with van der Waals surface area (Å²) >= 11 is 1.87. The zero-order chi connectivity index (χ0) is 15.5. The zero-order valence-corrected chi connectivity index (χ0v) is 14.2. The Labute approximate surface area is 132 Å². The van der Waals surface area contributed by atoms with Crippen LogP contribution in [0.4, 0.5) is 0 Å². The molecule has 2 rings (SSSR count). The van der Waals surface area contributed by atoms with Crippen molar-refractivity contribution >= 4 is 17.3 Å². The number of carboxylic acids is 1. The molecule has 1 aliphatic heterocycles. The first-order valence-corrected chi connectivity index (χ1v) is 8.90. The second kappa shape index (κ2) is 6.93. The Morgan fingerprint density at radius 1 is 1.48 bits per heavy atom. The number of carbonyl (C=O) groups is 1. The molecular weight excluding hydrogens is 282 g/mol. The van der Waals surface area contributed by atoms with Gasteiger partial charge in [0.1, 0.15) is 0 Å². The van der Waals surface area contributed by atoms with Gasteiger partial charge in [-0.25, -0.2) is 0 Å². The molecule has 0 bridgehead atoms. The van der Waals surface area contributed by atoms with Gasteiger partial charge in [0, 0.05) is 22.3 Å². The van der Waals surface area contributed by atoms with Crippen LogP contribution in [0, 0.1) is 5.41 Å². The first-order chi connectivity index (χ1) is 10.0. The lowest BCUT2D eigenvalue weighted by Crippen LogP contribution is -2.48. The lowest BCUT2D eigenvalue weighted by Gasteiger charge is -2.42. The predicted molar refractivity (Wildman–Crippen MR) is 87.9 cm³/mol. The molecule has 0 spiro atoms. The summed E-state index contributed by atoms with van der Waals surface area (Å²) in [6.07, 6.45) is 4.61. The van der Waals surface area contributed by atoms with Crippen molar-refractivity contribution < 1.29 is 9.90 Å². The number of aliphatic carboxylic acids is 1. The summed E-state index contributed by atoms with van der Waals surface area (Å²) in [5.41, 5.74) is -0.536. The van der Waals surface area contributed by atoms with Crippen LogP contribution in [0.15, 0.2) is 12.1 Å². The lowest BCUT2D eigenvalue weighted by molar-refractivity contribution is -0.153. The van der Waals surface area contributed by atoms with Crippen LogP contribution >= 0.6 is 11.3 Å². The Hall–Kier alpha value is -0.870. The van der Waals surface area contributed by atoms with Crippen LogP contribution in [0.3, 0.4) is 0 Å². The molecule has 1 fully saturated rings. The standard InChI is InChI=1S/C17H27NO2S/c1-4-9-17(16(19)20)10-6-11-18(12-17)13(3)15-8-7-14(5-2)21-15/h7-8,13H,4-6,9-12H2,1-3H3,(H,19,20). The largest absolute Gasteiger partial charge is 0.481 e. The number of nitrogens with zero attached hydrogens (tertiary/aromatic N) is 1. The summed E-state index contributed by atoms with van der Waals surface area (Å²) in [4.78, 5) is 16.9. The molecule has 1 aliphatic rings. The van der Waals surface area contributed by atoms with Crippen molar-refractivity contribution in [3.63, 3.8) is 0 Å². The molecule has 1 aromatic rings. The molecule has 1 aromatic heterocycles. The fraction of sp³-hybridized carbons (Fsp3) is 0.706. The van der Waals surface area contributed by atoms with Crippen molar-refractivity contribution in [1.29, 1.82) is 0 Å². The van der Waals surface area contributed by atoms with Gasteiger partial charge in [0.15, 0.2) is 0 Å². The van der Waals surface area contributed by atoms with E-state index in [0.29, 0.717) is 12.6 Å². The molecule has 0 radical (unpaired) electrons. The molecule has 2 atom stereocenters. The fourth-order valence-corrected chi connectivity index (χ4v) is 4.49. The minimum atomic E-state index is -0.610. The van der Waals surface area contributed by atoms with Gasteiger partial charge < -0.3 is 5.11 Å². The minimum absolute atomic E-state index is 0.325. The average molecular weight is 309 g/mol. The SMILES string of the molecule is CCCC1(C(=O)O)CCCN(C(C)c2ccc(CC)s2)C1. The summed E-state index contributed by atoms with van der Waals surface area (Å²) in [7, 11) is 0. The maximum Gasteiger partial charge on any atom is 0.310 e. The van der Waals surface area contributed by atoms with Crippen LogP contribution in [0.2, 0.25) is 0 Å². The maximum atomic E-state index is 11.8. The number of hydrogen-bond donors (Lipinski definition) is 1. The van der Waals surface area contributed by atoms with Gasteiger partial charge in [0.05, 0.1) is 5.41 Å². The Balaban J connectivity index is 2.14. The van der Waals surface area contributed by atoms with Gasteiger partial charge in [-0.3, -0.25) is 9.69 Å². The third-order valence-electron chi connectivity index (χ3n) is 4.78. The fourth-order valence-electron chi connectivity index (χ4n) is 3.45. The molecule has 1 N–H and O–H groups in total. The van der Waals surface area contributed by atoms with E-state index in [4.69, 9.17) is 0 Å². The predicted octanol–water partition coefficient (Wildman–Crippen LogP) is 4.34. The Kier molecular flexibility index (Phi) is 5.44. The van der Waals surface area contributed by atoms with Gasteiger partial charge in [-0.05, 0) is 51.3 Å². The Morgan fingerprint density at radius 2 is 2.24 bits per heavy atom. The first-order valence-electron chi connectivity index (χ1n) is 8.08. The van der Waals surface area contributed by atoms with Crippen molar-refractivity contribution in [2.45, 2.75) is 58.9 Å². The van der Waals surface area contributed by atoms with Gasteiger partial charge in [0.2, 0.25) is 0 Å². The van der Waals surface area contributed by atoms with Gasteiger partial charge in [-0.15, -0.1) is 11.3 Å². The van der Waals surface area contributed by atoms with E-state index >= 15 is 0 Å². The number of aryl methyl sites for hydroxylation is 1.